The van der Waals surface area contributed by atoms with Gasteiger partial charge in [0.05, 0.1) is 21.1 Å². The smallest absolute Gasteiger partial charge is 0.329 e. The lowest BCUT2D eigenvalue weighted by Gasteiger charge is -2.29. The van der Waals surface area contributed by atoms with E-state index in [1.807, 2.05) is 0 Å². The number of aromatic hydroxyl groups is 1. The van der Waals surface area contributed by atoms with Crippen molar-refractivity contribution in [1.29, 1.82) is 0 Å². The largest absolute Gasteiger partial charge is 0.507 e. The molecule has 2 rings (SSSR count). The highest BCUT2D eigenvalue weighted by molar-refractivity contribution is 9.11. The van der Waals surface area contributed by atoms with Crippen molar-refractivity contribution in [3.8, 4) is 17.2 Å². The maximum atomic E-state index is 13.2. The summed E-state index contributed by atoms with van der Waals surface area (Å²) in [7, 11) is -1.77. The number of carbonyl (C=O) groups is 2. The fourth-order valence-electron chi connectivity index (χ4n) is 3.43. The zero-order chi connectivity index (χ0) is 25.8. The molecule has 0 aliphatic heterocycles. The Morgan fingerprint density at radius 1 is 1.15 bits per heavy atom. The van der Waals surface area contributed by atoms with Crippen molar-refractivity contribution >= 4 is 51.1 Å². The van der Waals surface area contributed by atoms with Gasteiger partial charge in [-0.15, -0.1) is 0 Å². The summed E-state index contributed by atoms with van der Waals surface area (Å²) in [5.41, 5.74) is 0.604. The van der Waals surface area contributed by atoms with Crippen LogP contribution in [0.3, 0.4) is 0 Å². The quantitative estimate of drug-likeness (QED) is 0.270. The van der Waals surface area contributed by atoms with E-state index in [-0.39, 0.29) is 35.7 Å². The normalized spacial score (nSPS) is 13.8. The van der Waals surface area contributed by atoms with Crippen LogP contribution in [0, 0.1) is 5.92 Å². The number of rotatable bonds is 9. The van der Waals surface area contributed by atoms with Gasteiger partial charge in [0.1, 0.15) is 17.5 Å². The van der Waals surface area contributed by atoms with Crippen LogP contribution in [0.5, 0.6) is 17.2 Å². The molecule has 1 amide bonds. The zero-order valence-electron chi connectivity index (χ0n) is 19.5. The van der Waals surface area contributed by atoms with Crippen molar-refractivity contribution in [2.45, 2.75) is 33.0 Å². The predicted molar refractivity (Wildman–Crippen MR) is 137 cm³/mol. The number of hydrogen-bond acceptors (Lipinski definition) is 6. The Morgan fingerprint density at radius 2 is 1.74 bits per heavy atom. The first-order valence-corrected chi connectivity index (χ1v) is 14.3. The number of esters is 1. The minimum Gasteiger partial charge on any atom is -0.507 e. The third kappa shape index (κ3) is 7.31. The second-order valence-electron chi connectivity index (χ2n) is 8.24. The summed E-state index contributed by atoms with van der Waals surface area (Å²) in [6.07, 6.45) is 0.00611. The Kier molecular flexibility index (Phi) is 9.77. The molecule has 0 heterocycles. The molecule has 0 saturated heterocycles. The number of amides is 1. The number of phenolic OH excluding ortho intramolecular Hbond substituents is 1. The van der Waals surface area contributed by atoms with Gasteiger partial charge in [-0.1, -0.05) is 13.8 Å². The van der Waals surface area contributed by atoms with E-state index in [0.29, 0.717) is 20.3 Å². The lowest BCUT2D eigenvalue weighted by molar-refractivity contribution is -0.149. The molecule has 2 N–H and O–H groups in total. The van der Waals surface area contributed by atoms with Gasteiger partial charge in [0.25, 0.3) is 5.91 Å². The topological polar surface area (TPSA) is 113 Å². The molecule has 11 heteroatoms. The maximum absolute atomic E-state index is 13.2. The highest BCUT2D eigenvalue weighted by Crippen LogP contribution is 2.44. The van der Waals surface area contributed by atoms with Crippen LogP contribution in [-0.2, 0) is 20.3 Å². The van der Waals surface area contributed by atoms with Gasteiger partial charge in [0, 0.05) is 19.9 Å². The van der Waals surface area contributed by atoms with Crippen molar-refractivity contribution in [1.82, 2.24) is 4.90 Å². The van der Waals surface area contributed by atoms with Gasteiger partial charge in [-0.2, -0.15) is 0 Å². The van der Waals surface area contributed by atoms with Crippen LogP contribution in [0.25, 0.3) is 0 Å². The fourth-order valence-corrected chi connectivity index (χ4v) is 5.73. The van der Waals surface area contributed by atoms with Gasteiger partial charge in [-0.05, 0) is 80.6 Å². The van der Waals surface area contributed by atoms with Crippen LogP contribution in [-0.4, -0.2) is 53.1 Å². The van der Waals surface area contributed by atoms with Crippen molar-refractivity contribution < 1.29 is 33.6 Å². The van der Waals surface area contributed by atoms with Crippen molar-refractivity contribution in [3.05, 3.63) is 50.4 Å². The Bertz CT molecular complexity index is 1090. The van der Waals surface area contributed by atoms with Crippen LogP contribution >= 0.6 is 39.2 Å². The minimum absolute atomic E-state index is 0.00611. The Labute approximate surface area is 216 Å². The van der Waals surface area contributed by atoms with E-state index in [1.165, 1.54) is 36.8 Å². The predicted octanol–water partition coefficient (Wildman–Crippen LogP) is 5.77. The van der Waals surface area contributed by atoms with Crippen LogP contribution in [0.15, 0.2) is 39.3 Å². The monoisotopic (exact) mass is 619 g/mol. The second kappa shape index (κ2) is 11.7. The number of phenols is 1. The molecule has 0 fully saturated rings. The van der Waals surface area contributed by atoms with E-state index in [2.05, 4.69) is 31.9 Å². The molecule has 0 saturated carbocycles. The van der Waals surface area contributed by atoms with Gasteiger partial charge in [0.15, 0.2) is 5.75 Å². The van der Waals surface area contributed by atoms with E-state index in [4.69, 9.17) is 9.47 Å². The van der Waals surface area contributed by atoms with Gasteiger partial charge in [-0.3, -0.25) is 9.36 Å². The van der Waals surface area contributed by atoms with Gasteiger partial charge in [-0.25, -0.2) is 4.79 Å². The molecule has 186 valence electrons. The first kappa shape index (κ1) is 28.4. The van der Waals surface area contributed by atoms with E-state index in [0.717, 1.165) is 0 Å². The molecular formula is C23H28Br2NO7P. The first-order chi connectivity index (χ1) is 15.7. The number of halogens is 2. The SMILES string of the molecule is CCOC(=O)C(C(C)C)N(C)C(=O)c1cc(Oc2c(Br)cc(CP(C)(=O)O)cc2Br)ccc1O. The molecule has 2 aromatic carbocycles. The number of likely N-dealkylation sites (N-methyl/N-ethyl adjacent to an activating group) is 1. The molecule has 0 aromatic heterocycles. The third-order valence-electron chi connectivity index (χ3n) is 4.85. The average Bonchev–Trinajstić information content (AvgIpc) is 2.70. The summed E-state index contributed by atoms with van der Waals surface area (Å²) >= 11 is 6.82. The molecular weight excluding hydrogens is 593 g/mol. The minimum atomic E-state index is -3.25. The van der Waals surface area contributed by atoms with Gasteiger partial charge < -0.3 is 24.4 Å². The van der Waals surface area contributed by atoms with Crippen LogP contribution in [0.2, 0.25) is 0 Å². The summed E-state index contributed by atoms with van der Waals surface area (Å²) in [4.78, 5) is 36.5. The fraction of sp³-hybridized carbons (Fsp3) is 0.391. The number of carbonyl (C=O) groups excluding carboxylic acids is 2. The van der Waals surface area contributed by atoms with Crippen LogP contribution in [0.1, 0.15) is 36.7 Å². The van der Waals surface area contributed by atoms with E-state index in [9.17, 15) is 24.2 Å². The number of hydrogen-bond donors (Lipinski definition) is 2. The molecule has 0 spiro atoms. The first-order valence-electron chi connectivity index (χ1n) is 10.5. The molecule has 2 atom stereocenters. The summed E-state index contributed by atoms with van der Waals surface area (Å²) in [6.45, 7) is 6.78. The van der Waals surface area contributed by atoms with Gasteiger partial charge in [0.2, 0.25) is 7.37 Å². The summed E-state index contributed by atoms with van der Waals surface area (Å²) in [5, 5.41) is 10.3. The van der Waals surface area contributed by atoms with E-state index in [1.54, 1.807) is 32.9 Å². The van der Waals surface area contributed by atoms with E-state index < -0.39 is 25.3 Å². The molecule has 0 aliphatic rings. The molecule has 8 nitrogen and oxygen atoms in total. The Morgan fingerprint density at radius 3 is 2.24 bits per heavy atom. The second-order valence-corrected chi connectivity index (χ2v) is 12.4. The molecule has 0 radical (unpaired) electrons. The zero-order valence-corrected chi connectivity index (χ0v) is 23.6. The van der Waals surface area contributed by atoms with Crippen LogP contribution in [0.4, 0.5) is 0 Å². The van der Waals surface area contributed by atoms with Crippen LogP contribution < -0.4 is 4.74 Å². The molecule has 0 bridgehead atoms. The standard InChI is InChI=1S/C23H28Br2NO7P/c1-6-32-23(29)20(13(2)3)26(4)22(28)16-11-15(7-8-19(16)27)33-21-17(24)9-14(10-18(21)25)12-34(5,30)31/h7-11,13,20,27H,6,12H2,1-5H3,(H,30,31). The molecule has 34 heavy (non-hydrogen) atoms. The maximum Gasteiger partial charge on any atom is 0.329 e. The van der Waals surface area contributed by atoms with Gasteiger partial charge >= 0.3 is 5.97 Å². The number of ether oxygens (including phenoxy) is 2. The summed E-state index contributed by atoms with van der Waals surface area (Å²) < 4.78 is 23.9. The highest BCUT2D eigenvalue weighted by Gasteiger charge is 2.32. The Balaban J connectivity index is 2.36. The lowest BCUT2D eigenvalue weighted by Crippen LogP contribution is -2.46. The molecule has 2 unspecified atom stereocenters. The Hall–Kier alpha value is -1.87. The number of benzene rings is 2. The van der Waals surface area contributed by atoms with Crippen molar-refractivity contribution in [2.75, 3.05) is 20.3 Å². The van der Waals surface area contributed by atoms with Crippen molar-refractivity contribution in [3.63, 3.8) is 0 Å². The lowest BCUT2D eigenvalue weighted by atomic mass is 10.0. The average molecular weight is 621 g/mol. The number of nitrogens with zero attached hydrogens (tertiary/aromatic N) is 1. The summed E-state index contributed by atoms with van der Waals surface area (Å²) in [5.74, 6) is -0.901. The van der Waals surface area contributed by atoms with Crippen molar-refractivity contribution in [2.24, 2.45) is 5.92 Å². The van der Waals surface area contributed by atoms with E-state index >= 15 is 0 Å². The highest BCUT2D eigenvalue weighted by atomic mass is 79.9. The molecule has 2 aromatic rings. The molecule has 0 aliphatic carbocycles. The third-order valence-corrected chi connectivity index (χ3v) is 6.98. The summed E-state index contributed by atoms with van der Waals surface area (Å²) in [6, 6.07) is 6.75.